The maximum atomic E-state index is 12.3. The predicted molar refractivity (Wildman–Crippen MR) is 69.4 cm³/mol. The molecule has 18 heavy (non-hydrogen) atoms. The van der Waals surface area contributed by atoms with Gasteiger partial charge in [-0.15, -0.1) is 0 Å². The molecule has 94 valence electrons. The third kappa shape index (κ3) is 3.14. The molecule has 0 amide bonds. The Morgan fingerprint density at radius 3 is 2.22 bits per heavy atom. The van der Waals surface area contributed by atoms with Crippen molar-refractivity contribution in [1.29, 1.82) is 0 Å². The molecular formula is C15H15F2N. The van der Waals surface area contributed by atoms with Crippen LogP contribution in [0.15, 0.2) is 54.6 Å². The van der Waals surface area contributed by atoms with Crippen LogP contribution in [0.3, 0.4) is 0 Å². The molecule has 0 fully saturated rings. The van der Waals surface area contributed by atoms with E-state index in [1.54, 1.807) is 6.07 Å². The fourth-order valence-electron chi connectivity index (χ4n) is 1.91. The first-order chi connectivity index (χ1) is 8.66. The van der Waals surface area contributed by atoms with E-state index in [-0.39, 0.29) is 6.42 Å². The van der Waals surface area contributed by atoms with Crippen molar-refractivity contribution in [2.75, 3.05) is 0 Å². The Labute approximate surface area is 105 Å². The topological polar surface area (TPSA) is 26.0 Å². The minimum atomic E-state index is -2.37. The van der Waals surface area contributed by atoms with E-state index in [0.717, 1.165) is 16.7 Å². The Morgan fingerprint density at radius 1 is 0.889 bits per heavy atom. The molecule has 0 aromatic heterocycles. The minimum absolute atomic E-state index is 0.307. The van der Waals surface area contributed by atoms with E-state index in [0.29, 0.717) is 0 Å². The minimum Gasteiger partial charge on any atom is -0.324 e. The Balaban J connectivity index is 2.25. The molecule has 0 unspecified atom stereocenters. The van der Waals surface area contributed by atoms with Crippen LogP contribution in [0.4, 0.5) is 8.78 Å². The summed E-state index contributed by atoms with van der Waals surface area (Å²) >= 11 is 0. The van der Waals surface area contributed by atoms with E-state index >= 15 is 0 Å². The molecule has 0 aliphatic rings. The number of rotatable bonds is 4. The van der Waals surface area contributed by atoms with Crippen molar-refractivity contribution in [2.45, 2.75) is 18.9 Å². The molecule has 1 atom stereocenters. The molecule has 3 heteroatoms. The molecule has 0 saturated heterocycles. The average Bonchev–Trinajstić information content (AvgIpc) is 2.39. The number of hydrogen-bond acceptors (Lipinski definition) is 1. The molecule has 0 radical (unpaired) electrons. The highest BCUT2D eigenvalue weighted by molar-refractivity contribution is 5.64. The zero-order chi connectivity index (χ0) is 13.0. The van der Waals surface area contributed by atoms with Crippen LogP contribution in [0, 0.1) is 0 Å². The van der Waals surface area contributed by atoms with E-state index in [2.05, 4.69) is 0 Å². The maximum absolute atomic E-state index is 12.3. The van der Waals surface area contributed by atoms with E-state index in [1.807, 2.05) is 48.5 Å². The molecule has 0 spiro atoms. The SMILES string of the molecule is N[C@H](CC(F)F)c1cccc(-c2ccccc2)c1. The third-order valence-corrected chi connectivity index (χ3v) is 2.85. The Morgan fingerprint density at radius 2 is 1.56 bits per heavy atom. The smallest absolute Gasteiger partial charge is 0.240 e. The van der Waals surface area contributed by atoms with E-state index in [9.17, 15) is 8.78 Å². The van der Waals surface area contributed by atoms with Crippen LogP contribution in [0.25, 0.3) is 11.1 Å². The van der Waals surface area contributed by atoms with Crippen LogP contribution in [-0.4, -0.2) is 6.43 Å². The monoisotopic (exact) mass is 247 g/mol. The summed E-state index contributed by atoms with van der Waals surface area (Å²) in [5.74, 6) is 0. The van der Waals surface area contributed by atoms with Gasteiger partial charge in [0.25, 0.3) is 0 Å². The molecule has 2 rings (SSSR count). The quantitative estimate of drug-likeness (QED) is 0.868. The van der Waals surface area contributed by atoms with Crippen LogP contribution < -0.4 is 5.73 Å². The van der Waals surface area contributed by atoms with Gasteiger partial charge in [0.1, 0.15) is 0 Å². The Kier molecular flexibility index (Phi) is 4.05. The molecule has 0 aliphatic carbocycles. The first kappa shape index (κ1) is 12.7. The fourth-order valence-corrected chi connectivity index (χ4v) is 1.91. The standard InChI is InChI=1S/C15H15F2N/c16-15(17)10-14(18)13-8-4-7-12(9-13)11-5-2-1-3-6-11/h1-9,14-15H,10,18H2/t14-/m1/s1. The molecule has 1 nitrogen and oxygen atoms in total. The summed E-state index contributed by atoms with van der Waals surface area (Å²) < 4.78 is 24.6. The molecule has 0 aliphatic heterocycles. The lowest BCUT2D eigenvalue weighted by Gasteiger charge is -2.12. The number of halogens is 2. The van der Waals surface area contributed by atoms with Crippen LogP contribution in [0.5, 0.6) is 0 Å². The van der Waals surface area contributed by atoms with E-state index < -0.39 is 12.5 Å². The zero-order valence-electron chi connectivity index (χ0n) is 9.89. The number of hydrogen-bond donors (Lipinski definition) is 1. The van der Waals surface area contributed by atoms with Gasteiger partial charge >= 0.3 is 0 Å². The van der Waals surface area contributed by atoms with Crippen molar-refractivity contribution in [3.63, 3.8) is 0 Å². The maximum Gasteiger partial charge on any atom is 0.240 e. The summed E-state index contributed by atoms with van der Waals surface area (Å²) in [6, 6.07) is 16.7. The second-order valence-electron chi connectivity index (χ2n) is 4.22. The molecular weight excluding hydrogens is 232 g/mol. The van der Waals surface area contributed by atoms with Crippen LogP contribution in [-0.2, 0) is 0 Å². The highest BCUT2D eigenvalue weighted by atomic mass is 19.3. The van der Waals surface area contributed by atoms with Gasteiger partial charge in [-0.05, 0) is 22.8 Å². The van der Waals surface area contributed by atoms with Gasteiger partial charge in [-0.3, -0.25) is 0 Å². The summed E-state index contributed by atoms with van der Waals surface area (Å²) in [7, 11) is 0. The molecule has 2 N–H and O–H groups in total. The second-order valence-corrected chi connectivity index (χ2v) is 4.22. The highest BCUT2D eigenvalue weighted by Gasteiger charge is 2.13. The Bertz CT molecular complexity index is 497. The molecule has 2 aromatic rings. The predicted octanol–water partition coefficient (Wildman–Crippen LogP) is 4.01. The Hall–Kier alpha value is -1.74. The lowest BCUT2D eigenvalue weighted by Crippen LogP contribution is -2.13. The summed E-state index contributed by atoms with van der Waals surface area (Å²) in [5.41, 5.74) is 8.57. The summed E-state index contributed by atoms with van der Waals surface area (Å²) in [6.07, 6.45) is -2.68. The van der Waals surface area contributed by atoms with E-state index in [1.165, 1.54) is 0 Å². The van der Waals surface area contributed by atoms with Crippen molar-refractivity contribution in [3.8, 4) is 11.1 Å². The van der Waals surface area contributed by atoms with Crippen LogP contribution in [0.1, 0.15) is 18.0 Å². The van der Waals surface area contributed by atoms with Gasteiger partial charge < -0.3 is 5.73 Å². The number of nitrogens with two attached hydrogens (primary N) is 1. The normalized spacial score (nSPS) is 12.7. The van der Waals surface area contributed by atoms with Crippen molar-refractivity contribution in [2.24, 2.45) is 5.73 Å². The lowest BCUT2D eigenvalue weighted by molar-refractivity contribution is 0.128. The molecule has 0 heterocycles. The van der Waals surface area contributed by atoms with Crippen LogP contribution >= 0.6 is 0 Å². The highest BCUT2D eigenvalue weighted by Crippen LogP contribution is 2.24. The van der Waals surface area contributed by atoms with Crippen molar-refractivity contribution in [1.82, 2.24) is 0 Å². The fraction of sp³-hybridized carbons (Fsp3) is 0.200. The van der Waals surface area contributed by atoms with Gasteiger partial charge in [0.15, 0.2) is 0 Å². The van der Waals surface area contributed by atoms with Gasteiger partial charge in [0, 0.05) is 12.5 Å². The van der Waals surface area contributed by atoms with Crippen molar-refractivity contribution in [3.05, 3.63) is 60.2 Å². The summed E-state index contributed by atoms with van der Waals surface area (Å²) in [4.78, 5) is 0. The lowest BCUT2D eigenvalue weighted by atomic mass is 9.98. The van der Waals surface area contributed by atoms with Gasteiger partial charge in [0.05, 0.1) is 0 Å². The molecule has 2 aromatic carbocycles. The summed E-state index contributed by atoms with van der Waals surface area (Å²) in [6.45, 7) is 0. The van der Waals surface area contributed by atoms with Crippen molar-refractivity contribution < 1.29 is 8.78 Å². The van der Waals surface area contributed by atoms with Crippen LogP contribution in [0.2, 0.25) is 0 Å². The third-order valence-electron chi connectivity index (χ3n) is 2.85. The second kappa shape index (κ2) is 5.74. The van der Waals surface area contributed by atoms with Gasteiger partial charge in [-0.2, -0.15) is 0 Å². The first-order valence-corrected chi connectivity index (χ1v) is 5.86. The number of benzene rings is 2. The zero-order valence-corrected chi connectivity index (χ0v) is 9.89. The molecule has 0 bridgehead atoms. The van der Waals surface area contributed by atoms with Gasteiger partial charge in [-0.1, -0.05) is 48.5 Å². The molecule has 0 saturated carbocycles. The summed E-state index contributed by atoms with van der Waals surface area (Å²) in [5, 5.41) is 0. The van der Waals surface area contributed by atoms with E-state index in [4.69, 9.17) is 5.73 Å². The van der Waals surface area contributed by atoms with Gasteiger partial charge in [-0.25, -0.2) is 8.78 Å². The largest absolute Gasteiger partial charge is 0.324 e. The first-order valence-electron chi connectivity index (χ1n) is 5.86. The number of alkyl halides is 2. The van der Waals surface area contributed by atoms with Gasteiger partial charge in [0.2, 0.25) is 6.43 Å². The average molecular weight is 247 g/mol. The van der Waals surface area contributed by atoms with Crippen molar-refractivity contribution >= 4 is 0 Å².